The number of benzene rings is 6. The van der Waals surface area contributed by atoms with E-state index in [-0.39, 0.29) is 12.1 Å². The zero-order valence-electron chi connectivity index (χ0n) is 32.6. The van der Waals surface area contributed by atoms with Gasteiger partial charge in [-0.05, 0) is 136 Å². The molecule has 0 radical (unpaired) electrons. The van der Waals surface area contributed by atoms with Crippen LogP contribution in [-0.4, -0.2) is 21.1 Å². The maximum absolute atomic E-state index is 6.12. The lowest BCUT2D eigenvalue weighted by molar-refractivity contribution is 0.258. The summed E-state index contributed by atoms with van der Waals surface area (Å²) < 4.78 is 6.12. The Morgan fingerprint density at radius 2 is 1.17 bits per heavy atom. The van der Waals surface area contributed by atoms with Gasteiger partial charge in [-0.1, -0.05) is 110 Å². The van der Waals surface area contributed by atoms with Crippen molar-refractivity contribution in [1.29, 1.82) is 0 Å². The second-order valence-corrected chi connectivity index (χ2v) is 15.2. The summed E-state index contributed by atoms with van der Waals surface area (Å²) in [6, 6.07) is 54.3. The molecule has 0 saturated heterocycles. The van der Waals surface area contributed by atoms with E-state index in [1.54, 1.807) is 0 Å². The van der Waals surface area contributed by atoms with Gasteiger partial charge in [0.2, 0.25) is 0 Å². The van der Waals surface area contributed by atoms with Crippen LogP contribution in [0.25, 0.3) is 78.4 Å². The number of aromatic nitrogens is 3. The summed E-state index contributed by atoms with van der Waals surface area (Å²) in [5, 5.41) is 3.44. The molecule has 5 heteroatoms. The molecule has 2 atom stereocenters. The smallest absolute Gasteiger partial charge is 0.159 e. The number of rotatable bonds is 9. The Kier molecular flexibility index (Phi) is 9.19. The van der Waals surface area contributed by atoms with Gasteiger partial charge >= 0.3 is 0 Å². The molecule has 58 heavy (non-hydrogen) atoms. The number of aryl methyl sites for hydroxylation is 2. The van der Waals surface area contributed by atoms with Gasteiger partial charge in [-0.25, -0.2) is 9.97 Å². The minimum absolute atomic E-state index is 0.0671. The Bertz CT molecular complexity index is 2860. The van der Waals surface area contributed by atoms with E-state index < -0.39 is 0 Å². The van der Waals surface area contributed by atoms with Crippen molar-refractivity contribution in [3.63, 3.8) is 0 Å². The number of ether oxygens (including phenoxy) is 1. The van der Waals surface area contributed by atoms with E-state index in [4.69, 9.17) is 19.7 Å². The number of nitrogens with one attached hydrogen (secondary N) is 1. The third-order valence-corrected chi connectivity index (χ3v) is 11.4. The highest BCUT2D eigenvalue weighted by atomic mass is 16.5. The first-order valence-corrected chi connectivity index (χ1v) is 20.1. The maximum atomic E-state index is 6.12. The van der Waals surface area contributed by atoms with Crippen LogP contribution in [-0.2, 0) is 6.42 Å². The summed E-state index contributed by atoms with van der Waals surface area (Å²) in [7, 11) is 0. The Labute approximate surface area is 339 Å². The summed E-state index contributed by atoms with van der Waals surface area (Å²) in [6.45, 7) is 4.37. The number of nitrogens with zero attached hydrogens (tertiary/aromatic N) is 3. The largest absolute Gasteiger partial charge is 0.483 e. The topological polar surface area (TPSA) is 59.9 Å². The highest BCUT2D eigenvalue weighted by molar-refractivity contribution is 5.81. The normalized spacial score (nSPS) is 15.1. The van der Waals surface area contributed by atoms with Gasteiger partial charge in [0.05, 0.1) is 17.4 Å². The van der Waals surface area contributed by atoms with E-state index >= 15 is 0 Å². The van der Waals surface area contributed by atoms with Crippen LogP contribution in [0.5, 0.6) is 5.75 Å². The quantitative estimate of drug-likeness (QED) is 0.159. The summed E-state index contributed by atoms with van der Waals surface area (Å²) >= 11 is 0. The van der Waals surface area contributed by atoms with Gasteiger partial charge in [0.25, 0.3) is 0 Å². The second kappa shape index (κ2) is 15.1. The lowest BCUT2D eigenvalue weighted by Gasteiger charge is -2.14. The molecule has 0 bridgehead atoms. The van der Waals surface area contributed by atoms with Gasteiger partial charge in [0.1, 0.15) is 11.9 Å². The highest BCUT2D eigenvalue weighted by Gasteiger charge is 2.35. The minimum Gasteiger partial charge on any atom is -0.483 e. The predicted molar refractivity (Wildman–Crippen MR) is 236 cm³/mol. The first-order valence-electron chi connectivity index (χ1n) is 20.1. The van der Waals surface area contributed by atoms with E-state index in [9.17, 15) is 0 Å². The molecule has 0 spiro atoms. The van der Waals surface area contributed by atoms with Crippen LogP contribution < -0.4 is 10.1 Å². The van der Waals surface area contributed by atoms with E-state index in [2.05, 4.69) is 165 Å². The molecular weight excluding hydrogens is 709 g/mol. The van der Waals surface area contributed by atoms with E-state index in [0.717, 1.165) is 68.9 Å². The molecule has 0 saturated carbocycles. The van der Waals surface area contributed by atoms with Crippen LogP contribution >= 0.6 is 0 Å². The first kappa shape index (κ1) is 35.3. The molecule has 1 N–H and O–H groups in total. The van der Waals surface area contributed by atoms with Crippen molar-refractivity contribution < 1.29 is 4.74 Å². The Morgan fingerprint density at radius 3 is 1.86 bits per heavy atom. The summed E-state index contributed by atoms with van der Waals surface area (Å²) in [5.41, 5.74) is 18.1. The SMILES string of the molecule is CCCc1ccc(-c2cccc(-c3cccc(-c4ccnc(-c5cccc(-c6cccc(-c7ccc8c(c7)C7NC=CC7O8)c6)c5)n4)c3)c2)cc1-c1ncccc1C. The molecule has 2 aliphatic heterocycles. The molecule has 5 nitrogen and oxygen atoms in total. The Hall–Kier alpha value is -7.11. The fraction of sp³-hybridized carbons (Fsp3) is 0.113. The standard InChI is InChI=1S/C53H42N4O/c1-3-9-35-19-20-42(32-46(35)51-34(2)10-8-25-54-51)38-13-4-11-36(28-38)40-15-6-17-44(30-40)48-23-26-56-53(57-48)45-18-7-16-41(31-45)37-12-5-14-39(29-37)43-21-22-49-47(33-43)52-50(58-49)24-27-55-52/h4-8,10-33,50,52,55H,3,9H2,1-2H3. The van der Waals surface area contributed by atoms with Crippen molar-refractivity contribution in [3.8, 4) is 84.2 Å². The number of fused-ring (bicyclic) bond motifs is 3. The molecule has 6 aromatic carbocycles. The molecule has 8 aromatic rings. The first-order chi connectivity index (χ1) is 28.6. The van der Waals surface area contributed by atoms with Gasteiger partial charge in [0.15, 0.2) is 5.82 Å². The van der Waals surface area contributed by atoms with Crippen LogP contribution in [0.15, 0.2) is 176 Å². The van der Waals surface area contributed by atoms with Crippen LogP contribution in [0.1, 0.15) is 36.1 Å². The Balaban J connectivity index is 0.921. The van der Waals surface area contributed by atoms with Gasteiger partial charge in [-0.15, -0.1) is 0 Å². The molecule has 10 rings (SSSR count). The van der Waals surface area contributed by atoms with Crippen LogP contribution in [0, 0.1) is 6.92 Å². The summed E-state index contributed by atoms with van der Waals surface area (Å²) in [4.78, 5) is 14.6. The predicted octanol–water partition coefficient (Wildman–Crippen LogP) is 12.7. The molecule has 0 fully saturated rings. The van der Waals surface area contributed by atoms with Crippen molar-refractivity contribution in [1.82, 2.24) is 20.3 Å². The average Bonchev–Trinajstić information content (AvgIpc) is 3.89. The third kappa shape index (κ3) is 6.75. The molecule has 4 heterocycles. The second-order valence-electron chi connectivity index (χ2n) is 15.2. The number of pyridine rings is 1. The molecule has 2 aromatic heterocycles. The fourth-order valence-electron chi connectivity index (χ4n) is 8.40. The maximum Gasteiger partial charge on any atom is 0.159 e. The number of hydrogen-bond acceptors (Lipinski definition) is 5. The fourth-order valence-corrected chi connectivity index (χ4v) is 8.40. The van der Waals surface area contributed by atoms with E-state index in [1.807, 2.05) is 30.7 Å². The molecule has 0 aliphatic carbocycles. The third-order valence-electron chi connectivity index (χ3n) is 11.4. The van der Waals surface area contributed by atoms with Crippen molar-refractivity contribution >= 4 is 0 Å². The Morgan fingerprint density at radius 1 is 0.569 bits per heavy atom. The van der Waals surface area contributed by atoms with E-state index in [1.165, 1.54) is 38.9 Å². The highest BCUT2D eigenvalue weighted by Crippen LogP contribution is 2.42. The molecule has 280 valence electrons. The minimum atomic E-state index is 0.0671. The monoisotopic (exact) mass is 750 g/mol. The van der Waals surface area contributed by atoms with Gasteiger partial charge in [0, 0.05) is 34.6 Å². The molecule has 0 amide bonds. The van der Waals surface area contributed by atoms with Crippen LogP contribution in [0.2, 0.25) is 0 Å². The lowest BCUT2D eigenvalue weighted by atomic mass is 9.92. The van der Waals surface area contributed by atoms with Gasteiger partial charge in [-0.3, -0.25) is 4.98 Å². The lowest BCUT2D eigenvalue weighted by Crippen LogP contribution is -2.19. The zero-order chi connectivity index (χ0) is 39.0. The molecule has 2 unspecified atom stereocenters. The van der Waals surface area contributed by atoms with Crippen molar-refractivity contribution in [3.05, 3.63) is 193 Å². The van der Waals surface area contributed by atoms with Gasteiger partial charge < -0.3 is 10.1 Å². The zero-order valence-corrected chi connectivity index (χ0v) is 32.6. The molecule has 2 aliphatic rings. The van der Waals surface area contributed by atoms with Gasteiger partial charge in [-0.2, -0.15) is 0 Å². The summed E-state index contributed by atoms with van der Waals surface area (Å²) in [5.74, 6) is 1.65. The average molecular weight is 751 g/mol. The van der Waals surface area contributed by atoms with Crippen molar-refractivity contribution in [2.24, 2.45) is 0 Å². The molecular formula is C53H42N4O. The van der Waals surface area contributed by atoms with Crippen LogP contribution in [0.3, 0.4) is 0 Å². The van der Waals surface area contributed by atoms with E-state index in [0.29, 0.717) is 5.82 Å². The van der Waals surface area contributed by atoms with Crippen LogP contribution in [0.4, 0.5) is 0 Å². The van der Waals surface area contributed by atoms with Crippen molar-refractivity contribution in [2.45, 2.75) is 38.8 Å². The van der Waals surface area contributed by atoms with Crippen molar-refractivity contribution in [2.75, 3.05) is 0 Å². The number of hydrogen-bond donors (Lipinski definition) is 1. The summed E-state index contributed by atoms with van der Waals surface area (Å²) in [6.07, 6.45) is 10.0.